The number of benzene rings is 2. The van der Waals surface area contributed by atoms with E-state index in [1.807, 2.05) is 32.9 Å². The van der Waals surface area contributed by atoms with Gasteiger partial charge in [-0.25, -0.2) is 4.79 Å². The van der Waals surface area contributed by atoms with Gasteiger partial charge in [-0.1, -0.05) is 25.1 Å². The molecule has 4 rings (SSSR count). The first-order valence-corrected chi connectivity index (χ1v) is 11.1. The number of halogens is 6. The maximum absolute atomic E-state index is 13.5. The Morgan fingerprint density at radius 1 is 1.06 bits per heavy atom. The van der Waals surface area contributed by atoms with E-state index < -0.39 is 46.9 Å². The van der Waals surface area contributed by atoms with Crippen LogP contribution in [0.4, 0.5) is 36.8 Å². The van der Waals surface area contributed by atoms with Gasteiger partial charge in [-0.3, -0.25) is 4.57 Å². The first-order chi connectivity index (χ1) is 16.2. The van der Waals surface area contributed by atoms with E-state index in [1.54, 1.807) is 12.1 Å². The zero-order valence-electron chi connectivity index (χ0n) is 19.3. The highest BCUT2D eigenvalue weighted by atomic mass is 19.4. The minimum atomic E-state index is -5.02. The summed E-state index contributed by atoms with van der Waals surface area (Å²) in [6.45, 7) is 5.77. The quantitative estimate of drug-likeness (QED) is 0.365. The van der Waals surface area contributed by atoms with Crippen molar-refractivity contribution in [3.63, 3.8) is 0 Å². The molecule has 188 valence electrons. The van der Waals surface area contributed by atoms with Gasteiger partial charge in [-0.05, 0) is 62.9 Å². The van der Waals surface area contributed by atoms with E-state index in [-0.39, 0.29) is 6.07 Å². The van der Waals surface area contributed by atoms with Gasteiger partial charge in [-0.2, -0.15) is 26.3 Å². The Labute approximate surface area is 197 Å². The Morgan fingerprint density at radius 2 is 1.66 bits per heavy atom. The molecule has 1 unspecified atom stereocenters. The lowest BCUT2D eigenvalue weighted by Gasteiger charge is -2.28. The van der Waals surface area contributed by atoms with Crippen LogP contribution in [0.25, 0.3) is 10.9 Å². The maximum Gasteiger partial charge on any atom is 0.416 e. The van der Waals surface area contributed by atoms with Crippen LogP contribution in [0.2, 0.25) is 0 Å². The van der Waals surface area contributed by atoms with Gasteiger partial charge in [0.15, 0.2) is 0 Å². The molecule has 1 aliphatic heterocycles. The number of aryl methyl sites for hydroxylation is 1. The second-order valence-corrected chi connectivity index (χ2v) is 9.22. The van der Waals surface area contributed by atoms with E-state index in [9.17, 15) is 31.1 Å². The Hall–Kier alpha value is -3.01. The predicted molar refractivity (Wildman–Crippen MR) is 119 cm³/mol. The van der Waals surface area contributed by atoms with E-state index in [4.69, 9.17) is 4.74 Å². The van der Waals surface area contributed by atoms with Gasteiger partial charge in [-0.15, -0.1) is 0 Å². The Bertz CT molecular complexity index is 1240. The highest BCUT2D eigenvalue weighted by Crippen LogP contribution is 2.42. The Balaban J connectivity index is 1.85. The number of hydrogen-bond acceptors (Lipinski definition) is 2. The smallest absolute Gasteiger partial charge is 0.366 e. The monoisotopic (exact) mass is 498 g/mol. The molecule has 1 atom stereocenters. The van der Waals surface area contributed by atoms with Crippen molar-refractivity contribution >= 4 is 22.6 Å². The highest BCUT2D eigenvalue weighted by molar-refractivity contribution is 6.01. The molecule has 0 aliphatic carbocycles. The van der Waals surface area contributed by atoms with Crippen LogP contribution < -0.4 is 5.32 Å². The van der Waals surface area contributed by atoms with Crippen LogP contribution in [-0.4, -0.2) is 16.2 Å². The molecule has 0 radical (unpaired) electrons. The van der Waals surface area contributed by atoms with E-state index in [0.29, 0.717) is 42.6 Å². The second-order valence-electron chi connectivity index (χ2n) is 9.22. The van der Waals surface area contributed by atoms with Gasteiger partial charge in [0.2, 0.25) is 0 Å². The third-order valence-corrected chi connectivity index (χ3v) is 6.18. The Kier molecular flexibility index (Phi) is 6.15. The number of para-hydroxylation sites is 1. The fourth-order valence-corrected chi connectivity index (χ4v) is 4.56. The molecule has 1 N–H and O–H groups in total. The molecule has 4 nitrogen and oxygen atoms in total. The number of aromatic nitrogens is 1. The molecule has 10 heteroatoms. The van der Waals surface area contributed by atoms with Crippen LogP contribution in [0.1, 0.15) is 62.1 Å². The van der Waals surface area contributed by atoms with Crippen molar-refractivity contribution in [3.05, 3.63) is 64.8 Å². The number of ether oxygens (including phenoxy) is 1. The first-order valence-electron chi connectivity index (χ1n) is 11.1. The number of nitrogens with zero attached hydrogens (tertiary/aromatic N) is 1. The van der Waals surface area contributed by atoms with Crippen molar-refractivity contribution in [3.8, 4) is 0 Å². The molecule has 35 heavy (non-hydrogen) atoms. The van der Waals surface area contributed by atoms with E-state index in [0.717, 1.165) is 10.9 Å². The fraction of sp³-hybridized carbons (Fsp3) is 0.400. The molecule has 0 bridgehead atoms. The summed E-state index contributed by atoms with van der Waals surface area (Å²) in [7, 11) is 0. The van der Waals surface area contributed by atoms with Crippen molar-refractivity contribution in [2.45, 2.75) is 64.1 Å². The SMILES string of the molecule is CCC1OC(C)(C)CCc2c1n(C(=O)Nc1cc(C(F)(F)F)cc(C(F)(F)F)c1)c1ccccc21. The minimum Gasteiger partial charge on any atom is -0.366 e. The lowest BCUT2D eigenvalue weighted by molar-refractivity contribution is -0.143. The number of carbonyl (C=O) groups excluding carboxylic acids is 1. The van der Waals surface area contributed by atoms with Crippen molar-refractivity contribution < 1.29 is 35.9 Å². The molecule has 0 saturated heterocycles. The molecule has 3 aromatic rings. The van der Waals surface area contributed by atoms with Crippen LogP contribution >= 0.6 is 0 Å². The third-order valence-electron chi connectivity index (χ3n) is 6.18. The number of rotatable bonds is 2. The zero-order chi connectivity index (χ0) is 25.8. The molecule has 1 amide bonds. The van der Waals surface area contributed by atoms with Crippen LogP contribution in [0.5, 0.6) is 0 Å². The molecular formula is C25H24F6N2O2. The predicted octanol–water partition coefficient (Wildman–Crippen LogP) is 7.95. The number of alkyl halides is 6. The average Bonchev–Trinajstić information content (AvgIpc) is 3.02. The highest BCUT2D eigenvalue weighted by Gasteiger charge is 2.38. The van der Waals surface area contributed by atoms with Crippen molar-refractivity contribution in [2.24, 2.45) is 0 Å². The minimum absolute atomic E-state index is 0.0236. The molecule has 0 fully saturated rings. The molecule has 0 spiro atoms. The van der Waals surface area contributed by atoms with Crippen molar-refractivity contribution in [2.75, 3.05) is 5.32 Å². The van der Waals surface area contributed by atoms with Crippen LogP contribution in [-0.2, 0) is 23.5 Å². The largest absolute Gasteiger partial charge is 0.416 e. The van der Waals surface area contributed by atoms with Gasteiger partial charge in [0.05, 0.1) is 34.0 Å². The summed E-state index contributed by atoms with van der Waals surface area (Å²) in [6.07, 6.45) is -8.75. The normalized spacial score (nSPS) is 18.3. The second kappa shape index (κ2) is 8.58. The summed E-state index contributed by atoms with van der Waals surface area (Å²) in [4.78, 5) is 13.5. The van der Waals surface area contributed by atoms with Gasteiger partial charge in [0.1, 0.15) is 0 Å². The third kappa shape index (κ3) is 4.89. The number of fused-ring (bicyclic) bond motifs is 3. The summed E-state index contributed by atoms with van der Waals surface area (Å²) in [5, 5.41) is 3.06. The van der Waals surface area contributed by atoms with Gasteiger partial charge < -0.3 is 10.1 Å². The summed E-state index contributed by atoms with van der Waals surface area (Å²) in [5.41, 5.74) is -2.16. The molecule has 2 heterocycles. The number of carbonyl (C=O) groups is 1. The molecular weight excluding hydrogens is 474 g/mol. The fourth-order valence-electron chi connectivity index (χ4n) is 4.56. The Morgan fingerprint density at radius 3 is 2.23 bits per heavy atom. The molecule has 1 aliphatic rings. The van der Waals surface area contributed by atoms with Crippen LogP contribution in [0.15, 0.2) is 42.5 Å². The number of hydrogen-bond donors (Lipinski definition) is 1. The van der Waals surface area contributed by atoms with Crippen LogP contribution in [0.3, 0.4) is 0 Å². The van der Waals surface area contributed by atoms with Crippen molar-refractivity contribution in [1.29, 1.82) is 0 Å². The zero-order valence-corrected chi connectivity index (χ0v) is 19.3. The molecule has 2 aromatic carbocycles. The lowest BCUT2D eigenvalue weighted by atomic mass is 9.98. The lowest BCUT2D eigenvalue weighted by Crippen LogP contribution is -2.28. The van der Waals surface area contributed by atoms with Gasteiger partial charge in [0.25, 0.3) is 0 Å². The van der Waals surface area contributed by atoms with Gasteiger partial charge in [0, 0.05) is 11.1 Å². The van der Waals surface area contributed by atoms with Crippen LogP contribution in [0, 0.1) is 0 Å². The number of anilines is 1. The van der Waals surface area contributed by atoms with Gasteiger partial charge >= 0.3 is 18.4 Å². The number of nitrogens with one attached hydrogen (secondary N) is 1. The summed E-state index contributed by atoms with van der Waals surface area (Å²) in [5.74, 6) is 0. The number of amides is 1. The van der Waals surface area contributed by atoms with Crippen molar-refractivity contribution in [1.82, 2.24) is 4.57 Å². The topological polar surface area (TPSA) is 43.3 Å². The van der Waals surface area contributed by atoms with E-state index >= 15 is 0 Å². The average molecular weight is 498 g/mol. The standard InChI is InChI=1S/C25H24F6N2O2/c1-4-20-21-18(9-10-23(2,3)35-20)17-7-5-6-8-19(17)33(21)22(34)32-16-12-14(24(26,27)28)11-15(13-16)25(29,30)31/h5-8,11-13,20H,4,9-10H2,1-3H3,(H,32,34). The van der Waals surface area contributed by atoms with E-state index in [1.165, 1.54) is 4.57 Å². The maximum atomic E-state index is 13.5. The summed E-state index contributed by atoms with van der Waals surface area (Å²) in [6, 6.07) is 7.20. The first kappa shape index (κ1) is 25.1. The van der Waals surface area contributed by atoms with E-state index in [2.05, 4.69) is 5.32 Å². The molecule has 0 saturated carbocycles. The molecule has 1 aromatic heterocycles. The summed E-state index contributed by atoms with van der Waals surface area (Å²) >= 11 is 0. The summed E-state index contributed by atoms with van der Waals surface area (Å²) < 4.78 is 87.3.